The molecule has 2 atom stereocenters. The molecule has 2 unspecified atom stereocenters. The summed E-state index contributed by atoms with van der Waals surface area (Å²) in [6, 6.07) is 1.76. The first kappa shape index (κ1) is 16.7. The highest BCUT2D eigenvalue weighted by Gasteiger charge is 2.48. The number of hydrogen-bond donors (Lipinski definition) is 0. The molecule has 0 N–H and O–H groups in total. The molecule has 3 heterocycles. The summed E-state index contributed by atoms with van der Waals surface area (Å²) < 4.78 is 0. The number of carbonyl (C=O) groups excluding carboxylic acids is 3. The van der Waals surface area contributed by atoms with Crippen molar-refractivity contribution in [2.75, 3.05) is 37.6 Å². The summed E-state index contributed by atoms with van der Waals surface area (Å²) in [7, 11) is 0. The number of nitrogens with zero attached hydrogens (tertiary/aromatic N) is 5. The molecule has 26 heavy (non-hydrogen) atoms. The van der Waals surface area contributed by atoms with E-state index in [4.69, 9.17) is 0 Å². The minimum Gasteiger partial charge on any atom is -0.338 e. The van der Waals surface area contributed by atoms with Gasteiger partial charge in [0.15, 0.2) is 0 Å². The normalized spacial score (nSPS) is 25.6. The van der Waals surface area contributed by atoms with Crippen molar-refractivity contribution in [2.45, 2.75) is 12.8 Å². The molecule has 0 radical (unpaired) electrons. The molecule has 8 nitrogen and oxygen atoms in total. The molecule has 1 aromatic rings. The van der Waals surface area contributed by atoms with E-state index >= 15 is 0 Å². The molecular weight excluding hydrogens is 334 g/mol. The van der Waals surface area contributed by atoms with Gasteiger partial charge in [-0.15, -0.1) is 0 Å². The number of allylic oxidation sites excluding steroid dienone is 2. The predicted octanol–water partition coefficient (Wildman–Crippen LogP) is 0.0764. The fraction of sp³-hybridized carbons (Fsp3) is 0.500. The van der Waals surface area contributed by atoms with E-state index in [0.717, 1.165) is 4.90 Å². The van der Waals surface area contributed by atoms with E-state index in [1.54, 1.807) is 23.4 Å². The summed E-state index contributed by atoms with van der Waals surface area (Å²) >= 11 is 0. The molecule has 1 aromatic heterocycles. The summed E-state index contributed by atoms with van der Waals surface area (Å²) in [6.07, 6.45) is 8.47. The van der Waals surface area contributed by atoms with Gasteiger partial charge in [0.05, 0.1) is 11.8 Å². The number of anilines is 1. The first-order chi connectivity index (χ1) is 12.6. The van der Waals surface area contributed by atoms with Crippen LogP contribution in [0.2, 0.25) is 0 Å². The number of fused-ring (bicyclic) bond motifs is 1. The van der Waals surface area contributed by atoms with Crippen molar-refractivity contribution in [1.82, 2.24) is 19.8 Å². The number of aromatic nitrogens is 2. The lowest BCUT2D eigenvalue weighted by atomic mass is 9.85. The summed E-state index contributed by atoms with van der Waals surface area (Å²) in [5, 5.41) is 0. The summed E-state index contributed by atoms with van der Waals surface area (Å²) in [5.74, 6) is -0.490. The van der Waals surface area contributed by atoms with Crippen LogP contribution in [0.25, 0.3) is 0 Å². The van der Waals surface area contributed by atoms with Gasteiger partial charge in [-0.25, -0.2) is 9.97 Å². The van der Waals surface area contributed by atoms with Crippen molar-refractivity contribution in [3.63, 3.8) is 0 Å². The van der Waals surface area contributed by atoms with Gasteiger partial charge in [0.2, 0.25) is 23.7 Å². The summed E-state index contributed by atoms with van der Waals surface area (Å²) in [4.78, 5) is 50.9. The van der Waals surface area contributed by atoms with Crippen molar-refractivity contribution in [3.05, 3.63) is 30.6 Å². The van der Waals surface area contributed by atoms with Crippen molar-refractivity contribution >= 4 is 23.7 Å². The van der Waals surface area contributed by atoms with E-state index in [2.05, 4.69) is 9.97 Å². The Bertz CT molecular complexity index is 716. The zero-order valence-electron chi connectivity index (χ0n) is 14.5. The van der Waals surface area contributed by atoms with Crippen molar-refractivity contribution in [3.8, 4) is 0 Å². The lowest BCUT2D eigenvalue weighted by molar-refractivity contribution is -0.146. The van der Waals surface area contributed by atoms with Crippen LogP contribution in [0, 0.1) is 11.8 Å². The Balaban J connectivity index is 1.35. The molecule has 3 amide bonds. The van der Waals surface area contributed by atoms with Crippen LogP contribution in [0.15, 0.2) is 30.6 Å². The van der Waals surface area contributed by atoms with Crippen LogP contribution < -0.4 is 4.90 Å². The molecule has 2 fully saturated rings. The summed E-state index contributed by atoms with van der Waals surface area (Å²) in [6.45, 7) is 2.18. The van der Waals surface area contributed by atoms with Crippen LogP contribution >= 0.6 is 0 Å². The van der Waals surface area contributed by atoms with Gasteiger partial charge in [0.25, 0.3) is 0 Å². The topological polar surface area (TPSA) is 86.7 Å². The van der Waals surface area contributed by atoms with Crippen LogP contribution in [0.1, 0.15) is 12.8 Å². The number of amides is 3. The smallest absolute Gasteiger partial charge is 0.242 e. The van der Waals surface area contributed by atoms with E-state index in [1.165, 1.54) is 0 Å². The maximum atomic E-state index is 12.6. The van der Waals surface area contributed by atoms with Crippen molar-refractivity contribution in [1.29, 1.82) is 0 Å². The number of imide groups is 1. The van der Waals surface area contributed by atoms with Crippen LogP contribution in [-0.2, 0) is 14.4 Å². The second kappa shape index (κ2) is 6.86. The first-order valence-electron chi connectivity index (χ1n) is 8.95. The fourth-order valence-corrected chi connectivity index (χ4v) is 3.87. The zero-order valence-corrected chi connectivity index (χ0v) is 14.5. The quantitative estimate of drug-likeness (QED) is 0.564. The van der Waals surface area contributed by atoms with Gasteiger partial charge < -0.3 is 9.80 Å². The van der Waals surface area contributed by atoms with Crippen LogP contribution in [0.5, 0.6) is 0 Å². The maximum Gasteiger partial charge on any atom is 0.242 e. The minimum atomic E-state index is -0.285. The Labute approximate surface area is 151 Å². The molecule has 2 aliphatic heterocycles. The van der Waals surface area contributed by atoms with Gasteiger partial charge >= 0.3 is 0 Å². The lowest BCUT2D eigenvalue weighted by Gasteiger charge is -2.35. The van der Waals surface area contributed by atoms with E-state index in [9.17, 15) is 14.4 Å². The third-order valence-corrected chi connectivity index (χ3v) is 5.36. The largest absolute Gasteiger partial charge is 0.338 e. The average Bonchev–Trinajstić information content (AvgIpc) is 2.94. The molecular formula is C18H21N5O3. The van der Waals surface area contributed by atoms with E-state index in [0.29, 0.717) is 45.0 Å². The Kier molecular flexibility index (Phi) is 4.40. The molecule has 1 aliphatic carbocycles. The lowest BCUT2D eigenvalue weighted by Crippen LogP contribution is -2.52. The molecule has 4 rings (SSSR count). The third-order valence-electron chi connectivity index (χ3n) is 5.36. The van der Waals surface area contributed by atoms with Gasteiger partial charge in [-0.05, 0) is 18.9 Å². The number of piperazine rings is 1. The molecule has 0 saturated carbocycles. The highest BCUT2D eigenvalue weighted by molar-refractivity contribution is 6.07. The number of carbonyl (C=O) groups is 3. The van der Waals surface area contributed by atoms with Crippen molar-refractivity contribution in [2.24, 2.45) is 11.8 Å². The monoisotopic (exact) mass is 355 g/mol. The van der Waals surface area contributed by atoms with E-state index in [1.807, 2.05) is 17.1 Å². The van der Waals surface area contributed by atoms with Gasteiger partial charge in [-0.2, -0.15) is 0 Å². The number of rotatable bonds is 3. The van der Waals surface area contributed by atoms with Crippen LogP contribution in [0.3, 0.4) is 0 Å². The Morgan fingerprint density at radius 3 is 2.12 bits per heavy atom. The van der Waals surface area contributed by atoms with Gasteiger partial charge in [0, 0.05) is 38.6 Å². The number of hydrogen-bond acceptors (Lipinski definition) is 6. The second-order valence-corrected chi connectivity index (χ2v) is 6.84. The standard InChI is InChI=1S/C18H21N5O3/c24-15(12-23-16(25)13-4-1-2-5-14(13)17(23)26)21-8-10-22(11-9-21)18-19-6-3-7-20-18/h1-3,6-7,13-14H,4-5,8-12H2. The van der Waals surface area contributed by atoms with Gasteiger partial charge in [0.1, 0.15) is 6.54 Å². The Hall–Kier alpha value is -2.77. The molecule has 3 aliphatic rings. The van der Waals surface area contributed by atoms with Crippen LogP contribution in [-0.4, -0.2) is 70.2 Å². The molecule has 0 spiro atoms. The molecule has 0 aromatic carbocycles. The summed E-state index contributed by atoms with van der Waals surface area (Å²) in [5.41, 5.74) is 0. The third kappa shape index (κ3) is 2.95. The number of likely N-dealkylation sites (tertiary alicyclic amines) is 1. The fourth-order valence-electron chi connectivity index (χ4n) is 3.87. The zero-order chi connectivity index (χ0) is 18.1. The Morgan fingerprint density at radius 2 is 1.54 bits per heavy atom. The average molecular weight is 355 g/mol. The van der Waals surface area contributed by atoms with Crippen LogP contribution in [0.4, 0.5) is 5.95 Å². The highest BCUT2D eigenvalue weighted by atomic mass is 16.2. The van der Waals surface area contributed by atoms with E-state index < -0.39 is 0 Å². The Morgan fingerprint density at radius 1 is 0.962 bits per heavy atom. The minimum absolute atomic E-state index is 0.146. The second-order valence-electron chi connectivity index (χ2n) is 6.84. The predicted molar refractivity (Wildman–Crippen MR) is 92.9 cm³/mol. The highest BCUT2D eigenvalue weighted by Crippen LogP contribution is 2.34. The van der Waals surface area contributed by atoms with E-state index in [-0.39, 0.29) is 36.1 Å². The molecule has 0 bridgehead atoms. The van der Waals surface area contributed by atoms with Gasteiger partial charge in [-0.1, -0.05) is 12.2 Å². The molecule has 8 heteroatoms. The molecule has 2 saturated heterocycles. The molecule has 136 valence electrons. The first-order valence-corrected chi connectivity index (χ1v) is 8.95. The van der Waals surface area contributed by atoms with Crippen molar-refractivity contribution < 1.29 is 14.4 Å². The SMILES string of the molecule is O=C(CN1C(=O)C2CC=CCC2C1=O)N1CCN(c2ncccn2)CC1. The maximum absolute atomic E-state index is 12.6. The van der Waals surface area contributed by atoms with Gasteiger partial charge in [-0.3, -0.25) is 19.3 Å².